The molecule has 0 heterocycles. The minimum absolute atomic E-state index is 0.104. The minimum Gasteiger partial charge on any atom is -0.462 e. The van der Waals surface area contributed by atoms with Crippen LogP contribution < -0.4 is 0 Å². The molecule has 3 N–H and O–H groups in total. The number of aliphatic hydroxyl groups excluding tert-OH is 1. The smallest absolute Gasteiger partial charge is 0.462 e. The number of carbonyl (C=O) groups is 4. The molecule has 0 saturated carbocycles. The summed E-state index contributed by atoms with van der Waals surface area (Å²) in [5.74, 6) is -1.41. The van der Waals surface area contributed by atoms with Crippen molar-refractivity contribution in [2.75, 3.05) is 39.6 Å². The van der Waals surface area contributed by atoms with Crippen LogP contribution >= 0.6 is 15.6 Å². The van der Waals surface area contributed by atoms with Crippen LogP contribution in [0.15, 0.2) is 0 Å². The van der Waals surface area contributed by atoms with Gasteiger partial charge in [-0.25, -0.2) is 9.13 Å². The number of rotatable bonds is 76. The van der Waals surface area contributed by atoms with Gasteiger partial charge in [-0.15, -0.1) is 0 Å². The van der Waals surface area contributed by atoms with Gasteiger partial charge < -0.3 is 33.8 Å². The van der Waals surface area contributed by atoms with E-state index in [4.69, 9.17) is 37.0 Å². The number of esters is 4. The molecule has 0 aromatic heterocycles. The maximum absolute atomic E-state index is 13.1. The number of hydrogen-bond acceptors (Lipinski definition) is 15. The maximum atomic E-state index is 13.1. The molecule has 0 rings (SSSR count). The standard InChI is InChI=1S/C76H148O17P2/c1-6-9-12-15-17-19-21-23-25-27-29-30-31-33-35-37-39-41-46-51-56-61-75(80)93-72(66-87-74(79)60-55-50-45-40-38-36-34-32-28-26-24-22-20-18-16-13-10-7-2)68-91-95(84,85)89-64-70(77)63-88-94(82,83)90-67-71(65-86-73(78)59-54-48-14-11-8-3)92-76(81)62-57-52-47-43-42-44-49-53-58-69(4)5/h69-72,77H,6-68H2,1-5H3,(H,82,83)(H,84,85)/t70-,71+,72+/m0/s1. The Kier molecular flexibility index (Phi) is 67.7. The van der Waals surface area contributed by atoms with E-state index in [1.54, 1.807) is 0 Å². The van der Waals surface area contributed by atoms with E-state index < -0.39 is 97.5 Å². The third-order valence-corrected chi connectivity index (χ3v) is 19.7. The lowest BCUT2D eigenvalue weighted by molar-refractivity contribution is -0.161. The monoisotopic (exact) mass is 1400 g/mol. The van der Waals surface area contributed by atoms with Crippen molar-refractivity contribution in [2.24, 2.45) is 5.92 Å². The Bertz CT molecular complexity index is 1820. The summed E-state index contributed by atoms with van der Waals surface area (Å²) in [5, 5.41) is 10.6. The first-order chi connectivity index (χ1) is 46.0. The van der Waals surface area contributed by atoms with Crippen molar-refractivity contribution in [3.8, 4) is 0 Å². The topological polar surface area (TPSA) is 237 Å². The lowest BCUT2D eigenvalue weighted by Gasteiger charge is -2.21. The molecule has 564 valence electrons. The number of unbranched alkanes of at least 4 members (excludes halogenated alkanes) is 48. The van der Waals surface area contributed by atoms with Crippen molar-refractivity contribution >= 4 is 39.5 Å². The van der Waals surface area contributed by atoms with Crippen LogP contribution in [-0.4, -0.2) is 96.7 Å². The average Bonchev–Trinajstić information content (AvgIpc) is 1.34. The number of phosphoric ester groups is 2. The molecule has 0 amide bonds. The molecule has 95 heavy (non-hydrogen) atoms. The SMILES string of the molecule is CCCCCCCCCCCCCCCCCCCCCCCC(=O)O[C@H](COC(=O)CCCCCCCCCCCCCCCCCCCC)COP(=O)(O)OC[C@@H](O)COP(=O)(O)OC[C@@H](COC(=O)CCCCCCC)OC(=O)CCCCCCCCCCC(C)C. The summed E-state index contributed by atoms with van der Waals surface area (Å²) >= 11 is 0. The van der Waals surface area contributed by atoms with Crippen molar-refractivity contribution in [3.63, 3.8) is 0 Å². The molecule has 0 bridgehead atoms. The minimum atomic E-state index is -4.95. The fourth-order valence-electron chi connectivity index (χ4n) is 11.7. The molecule has 0 aromatic rings. The van der Waals surface area contributed by atoms with Crippen LogP contribution in [0, 0.1) is 5.92 Å². The summed E-state index contributed by atoms with van der Waals surface area (Å²) in [4.78, 5) is 72.5. The van der Waals surface area contributed by atoms with Gasteiger partial charge in [0.15, 0.2) is 12.2 Å². The van der Waals surface area contributed by atoms with E-state index in [1.807, 2.05) is 0 Å². The lowest BCUT2D eigenvalue weighted by Crippen LogP contribution is -2.30. The van der Waals surface area contributed by atoms with Crippen LogP contribution in [0.25, 0.3) is 0 Å². The van der Waals surface area contributed by atoms with E-state index in [0.717, 1.165) is 102 Å². The first-order valence-electron chi connectivity index (χ1n) is 39.6. The third kappa shape index (κ3) is 70.3. The Morgan fingerprint density at radius 1 is 0.284 bits per heavy atom. The molecule has 0 radical (unpaired) electrons. The van der Waals surface area contributed by atoms with E-state index in [9.17, 15) is 43.2 Å². The number of aliphatic hydroxyl groups is 1. The molecule has 0 saturated heterocycles. The Balaban J connectivity index is 5.11. The van der Waals surface area contributed by atoms with E-state index in [0.29, 0.717) is 25.7 Å². The summed E-state index contributed by atoms with van der Waals surface area (Å²) in [6, 6.07) is 0. The second-order valence-corrected chi connectivity index (χ2v) is 30.8. The molecule has 0 aromatic carbocycles. The van der Waals surface area contributed by atoms with Crippen molar-refractivity contribution < 1.29 is 80.2 Å². The first-order valence-corrected chi connectivity index (χ1v) is 42.6. The zero-order chi connectivity index (χ0) is 69.8. The fourth-order valence-corrected chi connectivity index (χ4v) is 13.3. The Morgan fingerprint density at radius 3 is 0.716 bits per heavy atom. The summed E-state index contributed by atoms with van der Waals surface area (Å²) in [7, 11) is -9.90. The van der Waals surface area contributed by atoms with Crippen molar-refractivity contribution in [3.05, 3.63) is 0 Å². The van der Waals surface area contributed by atoms with Gasteiger partial charge in [-0.1, -0.05) is 349 Å². The van der Waals surface area contributed by atoms with E-state index in [-0.39, 0.29) is 25.7 Å². The van der Waals surface area contributed by atoms with Gasteiger partial charge >= 0.3 is 39.5 Å². The highest BCUT2D eigenvalue weighted by atomic mass is 31.2. The highest BCUT2D eigenvalue weighted by molar-refractivity contribution is 7.47. The van der Waals surface area contributed by atoms with Gasteiger partial charge in [0.2, 0.25) is 0 Å². The van der Waals surface area contributed by atoms with Crippen LogP contribution in [0.3, 0.4) is 0 Å². The second-order valence-electron chi connectivity index (χ2n) is 27.9. The molecular weight excluding hydrogens is 1250 g/mol. The molecule has 0 aliphatic rings. The number of carbonyl (C=O) groups excluding carboxylic acids is 4. The molecule has 19 heteroatoms. The van der Waals surface area contributed by atoms with Crippen LogP contribution in [-0.2, 0) is 65.4 Å². The Morgan fingerprint density at radius 2 is 0.484 bits per heavy atom. The first kappa shape index (κ1) is 93.1. The summed E-state index contributed by atoms with van der Waals surface area (Å²) in [5.41, 5.74) is 0. The summed E-state index contributed by atoms with van der Waals surface area (Å²) in [6.07, 6.45) is 59.0. The van der Waals surface area contributed by atoms with Gasteiger partial charge in [0.25, 0.3) is 0 Å². The molecule has 0 spiro atoms. The highest BCUT2D eigenvalue weighted by Gasteiger charge is 2.30. The zero-order valence-electron chi connectivity index (χ0n) is 61.8. The second kappa shape index (κ2) is 69.2. The Hall–Kier alpha value is -1.94. The van der Waals surface area contributed by atoms with E-state index in [2.05, 4.69) is 34.6 Å². The van der Waals surface area contributed by atoms with Gasteiger partial charge in [0, 0.05) is 25.7 Å². The van der Waals surface area contributed by atoms with Crippen molar-refractivity contribution in [1.29, 1.82) is 0 Å². The fraction of sp³-hybridized carbons (Fsp3) is 0.947. The molecule has 5 atom stereocenters. The predicted molar refractivity (Wildman–Crippen MR) is 386 cm³/mol. The maximum Gasteiger partial charge on any atom is 0.472 e. The predicted octanol–water partition coefficient (Wildman–Crippen LogP) is 22.5. The molecule has 0 fully saturated rings. The van der Waals surface area contributed by atoms with Gasteiger partial charge in [0.05, 0.1) is 26.4 Å². The average molecular weight is 1400 g/mol. The molecule has 0 aliphatic heterocycles. The van der Waals surface area contributed by atoms with Gasteiger partial charge in [0.1, 0.15) is 19.3 Å². The Labute approximate surface area is 581 Å². The largest absolute Gasteiger partial charge is 0.472 e. The highest BCUT2D eigenvalue weighted by Crippen LogP contribution is 2.45. The number of phosphoric acid groups is 2. The van der Waals surface area contributed by atoms with Gasteiger partial charge in [-0.3, -0.25) is 37.3 Å². The molecule has 2 unspecified atom stereocenters. The quantitative estimate of drug-likeness (QED) is 0.0222. The normalized spacial score (nSPS) is 13.9. The molecular formula is C76H148O17P2. The van der Waals surface area contributed by atoms with Crippen LogP contribution in [0.2, 0.25) is 0 Å². The van der Waals surface area contributed by atoms with E-state index >= 15 is 0 Å². The van der Waals surface area contributed by atoms with Crippen molar-refractivity contribution in [2.45, 2.75) is 419 Å². The van der Waals surface area contributed by atoms with Crippen LogP contribution in [0.1, 0.15) is 401 Å². The number of ether oxygens (including phenoxy) is 4. The zero-order valence-corrected chi connectivity index (χ0v) is 63.6. The van der Waals surface area contributed by atoms with E-state index in [1.165, 1.54) is 218 Å². The molecule has 0 aliphatic carbocycles. The van der Waals surface area contributed by atoms with Gasteiger partial charge in [-0.05, 0) is 31.6 Å². The molecule has 17 nitrogen and oxygen atoms in total. The summed E-state index contributed by atoms with van der Waals surface area (Å²) < 4.78 is 68.3. The van der Waals surface area contributed by atoms with Crippen LogP contribution in [0.5, 0.6) is 0 Å². The van der Waals surface area contributed by atoms with Crippen molar-refractivity contribution in [1.82, 2.24) is 0 Å². The third-order valence-electron chi connectivity index (χ3n) is 17.8. The summed E-state index contributed by atoms with van der Waals surface area (Å²) in [6.45, 7) is 7.15. The lowest BCUT2D eigenvalue weighted by atomic mass is 10.0. The van der Waals surface area contributed by atoms with Gasteiger partial charge in [-0.2, -0.15) is 0 Å². The number of hydrogen-bond donors (Lipinski definition) is 3. The van der Waals surface area contributed by atoms with Crippen LogP contribution in [0.4, 0.5) is 0 Å².